The van der Waals surface area contributed by atoms with E-state index in [2.05, 4.69) is 15.6 Å². The molecule has 2 aromatic carbocycles. The third kappa shape index (κ3) is 6.11. The molecule has 0 spiro atoms. The maximum atomic E-state index is 12.0. The molecule has 150 valence electrons. The molecule has 0 aliphatic rings. The summed E-state index contributed by atoms with van der Waals surface area (Å²) in [5.74, 6) is 0.859. The van der Waals surface area contributed by atoms with E-state index in [-0.39, 0.29) is 6.03 Å². The summed E-state index contributed by atoms with van der Waals surface area (Å²) < 4.78 is 0. The van der Waals surface area contributed by atoms with E-state index in [1.165, 1.54) is 0 Å². The van der Waals surface area contributed by atoms with Crippen LogP contribution in [0, 0.1) is 0 Å². The Bertz CT molecular complexity index is 966. The number of nitrogens with zero attached hydrogens (tertiary/aromatic N) is 2. The quantitative estimate of drug-likeness (QED) is 0.543. The Morgan fingerprint density at radius 3 is 2.52 bits per heavy atom. The SMILES string of the molecule is CN(c1ccccc1)c1cccc(CCNC(=O)NCc2ccc(Cl)c(Cl)c2)n1. The largest absolute Gasteiger partial charge is 0.338 e. The lowest BCUT2D eigenvalue weighted by Crippen LogP contribution is -2.36. The van der Waals surface area contributed by atoms with E-state index < -0.39 is 0 Å². The van der Waals surface area contributed by atoms with Crippen LogP contribution in [0.2, 0.25) is 10.0 Å². The fourth-order valence-corrected chi connectivity index (χ4v) is 3.10. The number of pyridine rings is 1. The number of nitrogens with one attached hydrogen (secondary N) is 2. The molecule has 0 radical (unpaired) electrons. The number of halogens is 2. The molecular formula is C22H22Cl2N4O. The molecule has 0 bridgehead atoms. The molecule has 0 atom stereocenters. The number of rotatable bonds is 7. The van der Waals surface area contributed by atoms with Crippen molar-refractivity contribution in [3.05, 3.63) is 88.0 Å². The molecule has 2 N–H and O–H groups in total. The summed E-state index contributed by atoms with van der Waals surface area (Å²) in [6.07, 6.45) is 0.636. The van der Waals surface area contributed by atoms with Crippen molar-refractivity contribution in [2.75, 3.05) is 18.5 Å². The van der Waals surface area contributed by atoms with Gasteiger partial charge in [0.25, 0.3) is 0 Å². The van der Waals surface area contributed by atoms with Gasteiger partial charge in [-0.1, -0.05) is 53.5 Å². The molecule has 3 aromatic rings. The molecule has 0 saturated heterocycles. The number of hydrogen-bond donors (Lipinski definition) is 2. The van der Waals surface area contributed by atoms with Crippen molar-refractivity contribution in [2.45, 2.75) is 13.0 Å². The van der Waals surface area contributed by atoms with Crippen LogP contribution in [0.3, 0.4) is 0 Å². The fourth-order valence-electron chi connectivity index (χ4n) is 2.78. The van der Waals surface area contributed by atoms with Crippen LogP contribution in [0.4, 0.5) is 16.3 Å². The first-order valence-electron chi connectivity index (χ1n) is 9.23. The van der Waals surface area contributed by atoms with E-state index in [0.29, 0.717) is 29.6 Å². The molecule has 5 nitrogen and oxygen atoms in total. The normalized spacial score (nSPS) is 10.4. The fraction of sp³-hybridized carbons (Fsp3) is 0.182. The highest BCUT2D eigenvalue weighted by atomic mass is 35.5. The number of urea groups is 1. The first-order valence-corrected chi connectivity index (χ1v) is 9.99. The Hall–Kier alpha value is -2.76. The number of carbonyl (C=O) groups excluding carboxylic acids is 1. The summed E-state index contributed by atoms with van der Waals surface area (Å²) in [7, 11) is 1.98. The minimum atomic E-state index is -0.242. The van der Waals surface area contributed by atoms with E-state index >= 15 is 0 Å². The third-order valence-electron chi connectivity index (χ3n) is 4.38. The number of carbonyl (C=O) groups is 1. The molecule has 0 unspecified atom stereocenters. The van der Waals surface area contributed by atoms with E-state index in [1.807, 2.05) is 66.5 Å². The lowest BCUT2D eigenvalue weighted by molar-refractivity contribution is 0.240. The zero-order chi connectivity index (χ0) is 20.6. The van der Waals surface area contributed by atoms with Crippen molar-refractivity contribution in [3.8, 4) is 0 Å². The smallest absolute Gasteiger partial charge is 0.315 e. The molecule has 7 heteroatoms. The second-order valence-corrected chi connectivity index (χ2v) is 7.30. The van der Waals surface area contributed by atoms with Crippen molar-refractivity contribution < 1.29 is 4.79 Å². The van der Waals surface area contributed by atoms with Crippen molar-refractivity contribution in [1.29, 1.82) is 0 Å². The number of aromatic nitrogens is 1. The maximum absolute atomic E-state index is 12.0. The summed E-state index contributed by atoms with van der Waals surface area (Å²) >= 11 is 11.9. The van der Waals surface area contributed by atoms with Gasteiger partial charge in [0.15, 0.2) is 0 Å². The summed E-state index contributed by atoms with van der Waals surface area (Å²) in [6.45, 7) is 0.858. The minimum absolute atomic E-state index is 0.242. The van der Waals surface area contributed by atoms with Crippen LogP contribution in [-0.4, -0.2) is 24.6 Å². The van der Waals surface area contributed by atoms with Gasteiger partial charge in [0, 0.05) is 37.9 Å². The van der Waals surface area contributed by atoms with Gasteiger partial charge < -0.3 is 15.5 Å². The Kier molecular flexibility index (Phi) is 7.33. The second kappa shape index (κ2) is 10.1. The second-order valence-electron chi connectivity index (χ2n) is 6.49. The Morgan fingerprint density at radius 2 is 1.76 bits per heavy atom. The standard InChI is InChI=1S/C22H22Cl2N4O/c1-28(18-7-3-2-4-8-18)21-9-5-6-17(27-21)12-13-25-22(29)26-15-16-10-11-19(23)20(24)14-16/h2-11,14H,12-13,15H2,1H3,(H2,25,26,29). The first-order chi connectivity index (χ1) is 14.0. The highest BCUT2D eigenvalue weighted by Crippen LogP contribution is 2.22. The van der Waals surface area contributed by atoms with E-state index in [9.17, 15) is 4.79 Å². The number of amides is 2. The van der Waals surface area contributed by atoms with E-state index in [1.54, 1.807) is 12.1 Å². The van der Waals surface area contributed by atoms with Crippen LogP contribution in [-0.2, 0) is 13.0 Å². The van der Waals surface area contributed by atoms with Gasteiger partial charge in [-0.2, -0.15) is 0 Å². The van der Waals surface area contributed by atoms with Gasteiger partial charge in [-0.3, -0.25) is 0 Å². The molecule has 0 saturated carbocycles. The zero-order valence-electron chi connectivity index (χ0n) is 16.0. The maximum Gasteiger partial charge on any atom is 0.315 e. The van der Waals surface area contributed by atoms with Gasteiger partial charge in [-0.25, -0.2) is 9.78 Å². The van der Waals surface area contributed by atoms with Gasteiger partial charge in [0.05, 0.1) is 10.0 Å². The first kappa shape index (κ1) is 21.0. The average molecular weight is 429 g/mol. The summed E-state index contributed by atoms with van der Waals surface area (Å²) in [5.41, 5.74) is 2.86. The van der Waals surface area contributed by atoms with Crippen LogP contribution in [0.1, 0.15) is 11.3 Å². The average Bonchev–Trinajstić information content (AvgIpc) is 2.75. The number of anilines is 2. The lowest BCUT2D eigenvalue weighted by atomic mass is 10.2. The molecule has 2 amide bonds. The van der Waals surface area contributed by atoms with Gasteiger partial charge >= 0.3 is 6.03 Å². The summed E-state index contributed by atoms with van der Waals surface area (Å²) in [6, 6.07) is 21.0. The molecule has 0 aliphatic carbocycles. The summed E-state index contributed by atoms with van der Waals surface area (Å²) in [4.78, 5) is 18.7. The van der Waals surface area contributed by atoms with Crippen LogP contribution >= 0.6 is 23.2 Å². The summed E-state index contributed by atoms with van der Waals surface area (Å²) in [5, 5.41) is 6.61. The predicted octanol–water partition coefficient (Wildman–Crippen LogP) is 5.20. The van der Waals surface area contributed by atoms with Crippen LogP contribution in [0.25, 0.3) is 0 Å². The highest BCUT2D eigenvalue weighted by molar-refractivity contribution is 6.42. The number of benzene rings is 2. The minimum Gasteiger partial charge on any atom is -0.338 e. The van der Waals surface area contributed by atoms with Gasteiger partial charge in [0.1, 0.15) is 5.82 Å². The van der Waals surface area contributed by atoms with Crippen molar-refractivity contribution in [1.82, 2.24) is 15.6 Å². The van der Waals surface area contributed by atoms with Crippen LogP contribution in [0.15, 0.2) is 66.7 Å². The topological polar surface area (TPSA) is 57.3 Å². The highest BCUT2D eigenvalue weighted by Gasteiger charge is 2.07. The molecule has 29 heavy (non-hydrogen) atoms. The Balaban J connectivity index is 1.47. The zero-order valence-corrected chi connectivity index (χ0v) is 17.5. The van der Waals surface area contributed by atoms with E-state index in [0.717, 1.165) is 22.8 Å². The Labute approximate surface area is 180 Å². The van der Waals surface area contributed by atoms with Crippen LogP contribution < -0.4 is 15.5 Å². The molecule has 0 fully saturated rings. The lowest BCUT2D eigenvalue weighted by Gasteiger charge is -2.19. The number of hydrogen-bond acceptors (Lipinski definition) is 3. The molecule has 3 rings (SSSR count). The van der Waals surface area contributed by atoms with E-state index in [4.69, 9.17) is 23.2 Å². The van der Waals surface area contributed by atoms with Gasteiger partial charge in [0.2, 0.25) is 0 Å². The molecular weight excluding hydrogens is 407 g/mol. The van der Waals surface area contributed by atoms with Crippen LogP contribution in [0.5, 0.6) is 0 Å². The molecule has 1 aromatic heterocycles. The monoisotopic (exact) mass is 428 g/mol. The van der Waals surface area contributed by atoms with Crippen molar-refractivity contribution >= 4 is 40.7 Å². The van der Waals surface area contributed by atoms with Gasteiger partial charge in [-0.15, -0.1) is 0 Å². The third-order valence-corrected chi connectivity index (χ3v) is 5.12. The van der Waals surface area contributed by atoms with Gasteiger partial charge in [-0.05, 0) is 42.0 Å². The predicted molar refractivity (Wildman–Crippen MR) is 119 cm³/mol. The molecule has 0 aliphatic heterocycles. The molecule has 1 heterocycles. The number of para-hydroxylation sites is 1. The van der Waals surface area contributed by atoms with Crippen molar-refractivity contribution in [2.24, 2.45) is 0 Å². The van der Waals surface area contributed by atoms with Crippen molar-refractivity contribution in [3.63, 3.8) is 0 Å². The Morgan fingerprint density at radius 1 is 0.966 bits per heavy atom.